The minimum Gasteiger partial charge on any atom is -0.462 e. The zero-order valence-corrected chi connectivity index (χ0v) is 24.7. The van der Waals surface area contributed by atoms with Crippen molar-refractivity contribution < 1.29 is 9.53 Å². The summed E-state index contributed by atoms with van der Waals surface area (Å²) in [5.41, 5.74) is 2.54. The Kier molecular flexibility index (Phi) is 9.36. The van der Waals surface area contributed by atoms with Gasteiger partial charge in [-0.25, -0.2) is 0 Å². The summed E-state index contributed by atoms with van der Waals surface area (Å²) in [6, 6.07) is 0. The van der Waals surface area contributed by atoms with Crippen molar-refractivity contribution >= 4 is 5.97 Å². The summed E-state index contributed by atoms with van der Waals surface area (Å²) < 4.78 is 5.99. The van der Waals surface area contributed by atoms with Gasteiger partial charge >= 0.3 is 5.97 Å². The van der Waals surface area contributed by atoms with Crippen LogP contribution in [0.2, 0.25) is 0 Å². The van der Waals surface area contributed by atoms with Crippen LogP contribution < -0.4 is 0 Å². The maximum absolute atomic E-state index is 12.4. The van der Waals surface area contributed by atoms with Gasteiger partial charge in [0, 0.05) is 12.8 Å². The third kappa shape index (κ3) is 5.78. The van der Waals surface area contributed by atoms with Crippen LogP contribution in [0.15, 0.2) is 11.6 Å². The highest BCUT2D eigenvalue weighted by atomic mass is 16.5. The highest BCUT2D eigenvalue weighted by Crippen LogP contribution is 2.67. The van der Waals surface area contributed by atoms with Gasteiger partial charge in [-0.1, -0.05) is 91.7 Å². The monoisotopic (exact) mass is 498 g/mol. The Hall–Kier alpha value is -0.790. The lowest BCUT2D eigenvalue weighted by Gasteiger charge is -2.58. The van der Waals surface area contributed by atoms with E-state index in [9.17, 15) is 4.79 Å². The van der Waals surface area contributed by atoms with E-state index in [0.29, 0.717) is 17.3 Å². The van der Waals surface area contributed by atoms with Crippen LogP contribution in [0.5, 0.6) is 0 Å². The Morgan fingerprint density at radius 1 is 0.972 bits per heavy atom. The quantitative estimate of drug-likeness (QED) is 0.161. The molecule has 0 unspecified atom stereocenters. The molecule has 0 aromatic carbocycles. The smallest absolute Gasteiger partial charge is 0.306 e. The van der Waals surface area contributed by atoms with Crippen molar-refractivity contribution in [3.05, 3.63) is 11.6 Å². The van der Waals surface area contributed by atoms with Gasteiger partial charge in [-0.2, -0.15) is 0 Å². The summed E-state index contributed by atoms with van der Waals surface area (Å²) >= 11 is 0. The van der Waals surface area contributed by atoms with Gasteiger partial charge in [0.05, 0.1) is 0 Å². The van der Waals surface area contributed by atoms with Gasteiger partial charge < -0.3 is 4.74 Å². The average Bonchev–Trinajstić information content (AvgIpc) is 3.19. The largest absolute Gasteiger partial charge is 0.462 e. The highest BCUT2D eigenvalue weighted by molar-refractivity contribution is 5.69. The highest BCUT2D eigenvalue weighted by Gasteiger charge is 2.59. The number of allylic oxidation sites excluding steroid dienone is 1. The number of hydrogen-bond donors (Lipinski definition) is 0. The molecule has 0 aromatic heterocycles. The van der Waals surface area contributed by atoms with E-state index in [0.717, 1.165) is 61.2 Å². The summed E-state index contributed by atoms with van der Waals surface area (Å²) in [6.07, 6.45) is 22.5. The Morgan fingerprint density at radius 2 is 1.78 bits per heavy atom. The first kappa shape index (κ1) is 28.2. The van der Waals surface area contributed by atoms with Crippen LogP contribution in [0.4, 0.5) is 0 Å². The minimum absolute atomic E-state index is 0.0435. The molecule has 4 aliphatic carbocycles. The molecule has 4 aliphatic rings. The molecular formula is C34H58O2. The lowest BCUT2D eigenvalue weighted by Crippen LogP contribution is -2.51. The van der Waals surface area contributed by atoms with Crippen LogP contribution in [0.25, 0.3) is 0 Å². The molecule has 4 rings (SSSR count). The van der Waals surface area contributed by atoms with Crippen LogP contribution >= 0.6 is 0 Å². The van der Waals surface area contributed by atoms with Gasteiger partial charge in [-0.05, 0) is 97.7 Å². The van der Waals surface area contributed by atoms with Crippen molar-refractivity contribution in [2.24, 2.45) is 46.3 Å². The summed E-state index contributed by atoms with van der Waals surface area (Å²) in [7, 11) is 0. The van der Waals surface area contributed by atoms with Crippen LogP contribution in [0.1, 0.15) is 144 Å². The second-order valence-corrected chi connectivity index (χ2v) is 14.5. The number of ether oxygens (including phenoxy) is 1. The van der Waals surface area contributed by atoms with E-state index in [4.69, 9.17) is 4.74 Å². The molecule has 0 bridgehead atoms. The second-order valence-electron chi connectivity index (χ2n) is 14.5. The maximum atomic E-state index is 12.4. The first-order valence-corrected chi connectivity index (χ1v) is 16.1. The topological polar surface area (TPSA) is 26.3 Å². The van der Waals surface area contributed by atoms with E-state index < -0.39 is 0 Å². The van der Waals surface area contributed by atoms with Crippen LogP contribution in [-0.4, -0.2) is 12.1 Å². The zero-order chi connectivity index (χ0) is 25.9. The molecule has 0 N–H and O–H groups in total. The van der Waals surface area contributed by atoms with Gasteiger partial charge in [0.15, 0.2) is 0 Å². The summed E-state index contributed by atoms with van der Waals surface area (Å²) in [5.74, 6) is 5.34. The molecular weight excluding hydrogens is 440 g/mol. The molecule has 0 spiro atoms. The van der Waals surface area contributed by atoms with E-state index in [1.807, 2.05) is 0 Å². The molecule has 0 aromatic rings. The SMILES string of the molecule is CCCCCCC(=O)O[C@H]1CC[C@@]2(C)C(=CC[C@H]3[C@H]4CC[C@@H]([C@@H](C)CCCC(C)C)[C@@]4(C)CC[C@@H]32)C1. The number of fused-ring (bicyclic) bond motifs is 5. The number of unbranched alkanes of at least 4 members (excludes halogenated alkanes) is 3. The van der Waals surface area contributed by atoms with Crippen molar-refractivity contribution in [1.82, 2.24) is 0 Å². The fraction of sp³-hybridized carbons (Fsp3) is 0.912. The summed E-state index contributed by atoms with van der Waals surface area (Å²) in [4.78, 5) is 12.4. The average molecular weight is 499 g/mol. The van der Waals surface area contributed by atoms with E-state index in [-0.39, 0.29) is 12.1 Å². The summed E-state index contributed by atoms with van der Waals surface area (Å²) in [5, 5.41) is 0. The van der Waals surface area contributed by atoms with Crippen molar-refractivity contribution in [3.8, 4) is 0 Å². The molecule has 3 fully saturated rings. The number of carbonyl (C=O) groups excluding carboxylic acids is 1. The Bertz CT molecular complexity index is 767. The number of hydrogen-bond acceptors (Lipinski definition) is 2. The lowest BCUT2D eigenvalue weighted by molar-refractivity contribution is -0.151. The molecule has 2 heteroatoms. The number of esters is 1. The zero-order valence-electron chi connectivity index (χ0n) is 24.7. The lowest BCUT2D eigenvalue weighted by atomic mass is 9.47. The molecule has 0 amide bonds. The standard InChI is InChI=1S/C34H58O2/c1-7-8-9-10-14-32(35)36-27-19-21-33(5)26(23-27)15-16-28-30-18-17-29(25(4)13-11-12-24(2)3)34(30,6)22-20-31(28)33/h15,24-25,27-31H,7-14,16-23H2,1-6H3/t25-,27-,28-,29-,30+,31-,33-,34+/m0/s1. The van der Waals surface area contributed by atoms with Crippen LogP contribution in [-0.2, 0) is 9.53 Å². The Labute approximate surface area is 223 Å². The Balaban J connectivity index is 1.36. The number of rotatable bonds is 11. The third-order valence-corrected chi connectivity index (χ3v) is 11.8. The molecule has 0 aliphatic heterocycles. The van der Waals surface area contributed by atoms with Crippen molar-refractivity contribution in [1.29, 1.82) is 0 Å². The third-order valence-electron chi connectivity index (χ3n) is 11.8. The normalized spacial score (nSPS) is 38.6. The van der Waals surface area contributed by atoms with Crippen molar-refractivity contribution in [2.45, 2.75) is 150 Å². The van der Waals surface area contributed by atoms with Crippen LogP contribution in [0.3, 0.4) is 0 Å². The fourth-order valence-electron chi connectivity index (χ4n) is 9.69. The molecule has 3 saturated carbocycles. The van der Waals surface area contributed by atoms with Crippen molar-refractivity contribution in [3.63, 3.8) is 0 Å². The number of carbonyl (C=O) groups is 1. The van der Waals surface area contributed by atoms with Gasteiger partial charge in [0.1, 0.15) is 6.10 Å². The molecule has 36 heavy (non-hydrogen) atoms. The molecule has 0 saturated heterocycles. The minimum atomic E-state index is 0.0435. The van der Waals surface area contributed by atoms with Gasteiger partial charge in [0.25, 0.3) is 0 Å². The van der Waals surface area contributed by atoms with E-state index >= 15 is 0 Å². The van der Waals surface area contributed by atoms with Gasteiger partial charge in [-0.15, -0.1) is 0 Å². The predicted octanol–water partition coefficient (Wildman–Crippen LogP) is 9.91. The first-order chi connectivity index (χ1) is 17.2. The molecule has 0 heterocycles. The molecule has 8 atom stereocenters. The molecule has 206 valence electrons. The predicted molar refractivity (Wildman–Crippen MR) is 152 cm³/mol. The van der Waals surface area contributed by atoms with Crippen molar-refractivity contribution in [2.75, 3.05) is 0 Å². The molecule has 2 nitrogen and oxygen atoms in total. The van der Waals surface area contributed by atoms with E-state index in [1.165, 1.54) is 70.6 Å². The summed E-state index contributed by atoms with van der Waals surface area (Å²) in [6.45, 7) is 14.8. The second kappa shape index (κ2) is 11.9. The maximum Gasteiger partial charge on any atom is 0.306 e. The van der Waals surface area contributed by atoms with Crippen LogP contribution in [0, 0.1) is 46.3 Å². The van der Waals surface area contributed by atoms with Gasteiger partial charge in [-0.3, -0.25) is 4.79 Å². The van der Waals surface area contributed by atoms with E-state index in [2.05, 4.69) is 47.6 Å². The Morgan fingerprint density at radius 3 is 2.53 bits per heavy atom. The molecule has 0 radical (unpaired) electrons. The fourth-order valence-corrected chi connectivity index (χ4v) is 9.69. The van der Waals surface area contributed by atoms with E-state index in [1.54, 1.807) is 5.57 Å². The first-order valence-electron chi connectivity index (χ1n) is 16.1. The van der Waals surface area contributed by atoms with Gasteiger partial charge in [0.2, 0.25) is 0 Å².